The number of aryl methyl sites for hydroxylation is 1. The van der Waals surface area contributed by atoms with Crippen LogP contribution in [0.25, 0.3) is 0 Å². The summed E-state index contributed by atoms with van der Waals surface area (Å²) in [6.45, 7) is 0.841. The molecule has 0 spiro atoms. The quantitative estimate of drug-likeness (QED) is 0.678. The highest BCUT2D eigenvalue weighted by Crippen LogP contribution is 2.31. The molecule has 8 heteroatoms. The number of carbonyl (C=O) groups excluding carboxylic acids is 1. The molecular formula is C12H16BrN3O3S. The predicted molar refractivity (Wildman–Crippen MR) is 80.2 cm³/mol. The molecule has 1 aliphatic heterocycles. The van der Waals surface area contributed by atoms with Crippen LogP contribution in [0.1, 0.15) is 12.0 Å². The Balaban J connectivity index is 2.32. The number of sulfonamides is 1. The second-order valence-corrected chi connectivity index (χ2v) is 7.08. The highest BCUT2D eigenvalue weighted by atomic mass is 79.9. The van der Waals surface area contributed by atoms with E-state index in [4.69, 9.17) is 0 Å². The first-order valence-electron chi connectivity index (χ1n) is 6.20. The van der Waals surface area contributed by atoms with Gasteiger partial charge in [0.15, 0.2) is 0 Å². The van der Waals surface area contributed by atoms with E-state index in [9.17, 15) is 13.2 Å². The van der Waals surface area contributed by atoms with Crippen molar-refractivity contribution in [3.63, 3.8) is 0 Å². The van der Waals surface area contributed by atoms with Gasteiger partial charge in [-0.05, 0) is 47.1 Å². The smallest absolute Gasteiger partial charge is 0.241 e. The van der Waals surface area contributed by atoms with Crippen molar-refractivity contribution in [3.8, 4) is 0 Å². The van der Waals surface area contributed by atoms with Crippen molar-refractivity contribution in [2.24, 2.45) is 0 Å². The number of likely N-dealkylation sites (N-methyl/N-ethyl adjacent to an activating group) is 1. The van der Waals surface area contributed by atoms with Crippen LogP contribution in [0, 0.1) is 0 Å². The number of carbonyl (C=O) groups is 1. The summed E-state index contributed by atoms with van der Waals surface area (Å²) in [6.07, 6.45) is 1.04. The molecule has 3 N–H and O–H groups in total. The minimum absolute atomic E-state index is 0.0914. The lowest BCUT2D eigenvalue weighted by Crippen LogP contribution is -2.31. The predicted octanol–water partition coefficient (Wildman–Crippen LogP) is 0.831. The van der Waals surface area contributed by atoms with Gasteiger partial charge in [-0.2, -0.15) is 0 Å². The summed E-state index contributed by atoms with van der Waals surface area (Å²) in [5.41, 5.74) is 1.50. The van der Waals surface area contributed by atoms with Gasteiger partial charge in [-0.25, -0.2) is 13.1 Å². The third-order valence-corrected chi connectivity index (χ3v) is 5.43. The van der Waals surface area contributed by atoms with E-state index in [1.807, 2.05) is 0 Å². The average Bonchev–Trinajstić information content (AvgIpc) is 2.38. The fourth-order valence-electron chi connectivity index (χ4n) is 1.97. The summed E-state index contributed by atoms with van der Waals surface area (Å²) in [5.74, 6) is -0.0914. The van der Waals surface area contributed by atoms with E-state index in [2.05, 4.69) is 31.3 Å². The number of benzene rings is 1. The maximum absolute atomic E-state index is 12.2. The van der Waals surface area contributed by atoms with Crippen LogP contribution in [-0.4, -0.2) is 34.5 Å². The summed E-state index contributed by atoms with van der Waals surface area (Å²) in [6, 6.07) is 3.25. The Hall–Kier alpha value is -0.960. The summed E-state index contributed by atoms with van der Waals surface area (Å²) in [5, 5.41) is 5.57. The zero-order valence-corrected chi connectivity index (χ0v) is 13.4. The lowest BCUT2D eigenvalue weighted by molar-refractivity contribution is -0.116. The molecule has 6 nitrogen and oxygen atoms in total. The fourth-order valence-corrected chi connectivity index (χ4v) is 4.12. The monoisotopic (exact) mass is 361 g/mol. The third-order valence-electron chi connectivity index (χ3n) is 3.01. The van der Waals surface area contributed by atoms with Gasteiger partial charge in [-0.1, -0.05) is 0 Å². The lowest BCUT2D eigenvalue weighted by Gasteiger charge is -2.19. The highest BCUT2D eigenvalue weighted by Gasteiger charge is 2.22. The Bertz CT molecular complexity index is 631. The van der Waals surface area contributed by atoms with Gasteiger partial charge in [0, 0.05) is 29.7 Å². The van der Waals surface area contributed by atoms with Crippen molar-refractivity contribution in [3.05, 3.63) is 22.2 Å². The first-order chi connectivity index (χ1) is 9.44. The molecule has 1 aromatic carbocycles. The van der Waals surface area contributed by atoms with Gasteiger partial charge in [0.05, 0.1) is 4.90 Å². The minimum Gasteiger partial charge on any atom is -0.326 e. The van der Waals surface area contributed by atoms with E-state index in [1.54, 1.807) is 13.1 Å². The van der Waals surface area contributed by atoms with Crippen molar-refractivity contribution >= 4 is 37.5 Å². The summed E-state index contributed by atoms with van der Waals surface area (Å²) < 4.78 is 27.4. The Morgan fingerprint density at radius 1 is 1.30 bits per heavy atom. The van der Waals surface area contributed by atoms with Gasteiger partial charge in [-0.15, -0.1) is 0 Å². The number of rotatable bonds is 5. The molecule has 0 aliphatic carbocycles. The van der Waals surface area contributed by atoms with Gasteiger partial charge in [-0.3, -0.25) is 4.79 Å². The Labute approximate surface area is 126 Å². The summed E-state index contributed by atoms with van der Waals surface area (Å²) >= 11 is 3.29. The minimum atomic E-state index is -3.60. The second kappa shape index (κ2) is 6.21. The normalized spacial score (nSPS) is 14.8. The molecular weight excluding hydrogens is 346 g/mol. The van der Waals surface area contributed by atoms with Crippen molar-refractivity contribution in [2.45, 2.75) is 17.7 Å². The molecule has 110 valence electrons. The highest BCUT2D eigenvalue weighted by molar-refractivity contribution is 9.10. The van der Waals surface area contributed by atoms with E-state index in [-0.39, 0.29) is 10.8 Å². The molecule has 0 atom stereocenters. The molecule has 1 heterocycles. The Kier molecular flexibility index (Phi) is 4.79. The van der Waals surface area contributed by atoms with Crippen LogP contribution < -0.4 is 15.4 Å². The van der Waals surface area contributed by atoms with Gasteiger partial charge in [0.1, 0.15) is 0 Å². The summed E-state index contributed by atoms with van der Waals surface area (Å²) in [4.78, 5) is 11.5. The van der Waals surface area contributed by atoms with Crippen LogP contribution in [0.4, 0.5) is 5.69 Å². The van der Waals surface area contributed by atoms with Crippen molar-refractivity contribution in [1.82, 2.24) is 10.0 Å². The topological polar surface area (TPSA) is 87.3 Å². The molecule has 1 aromatic rings. The van der Waals surface area contributed by atoms with Gasteiger partial charge >= 0.3 is 0 Å². The van der Waals surface area contributed by atoms with Crippen molar-refractivity contribution in [2.75, 3.05) is 25.5 Å². The number of halogens is 1. The molecule has 2 rings (SSSR count). The van der Waals surface area contributed by atoms with Gasteiger partial charge < -0.3 is 10.6 Å². The Morgan fingerprint density at radius 3 is 2.75 bits per heavy atom. The molecule has 0 aromatic heterocycles. The maximum Gasteiger partial charge on any atom is 0.241 e. The zero-order chi connectivity index (χ0) is 14.8. The fraction of sp³-hybridized carbons (Fsp3) is 0.417. The lowest BCUT2D eigenvalue weighted by atomic mass is 10.0. The van der Waals surface area contributed by atoms with Crippen molar-refractivity contribution < 1.29 is 13.2 Å². The SMILES string of the molecule is CNCCNS(=O)(=O)c1cc2c(cc1Br)CCC(=O)N2. The van der Waals surface area contributed by atoms with Crippen LogP contribution in [0.5, 0.6) is 0 Å². The average molecular weight is 362 g/mol. The molecule has 1 aliphatic rings. The van der Waals surface area contributed by atoms with E-state index in [0.29, 0.717) is 36.1 Å². The van der Waals surface area contributed by atoms with Crippen LogP contribution in [0.3, 0.4) is 0 Å². The van der Waals surface area contributed by atoms with E-state index in [0.717, 1.165) is 5.56 Å². The number of amides is 1. The Morgan fingerprint density at radius 2 is 2.05 bits per heavy atom. The molecule has 0 unspecified atom stereocenters. The van der Waals surface area contributed by atoms with Gasteiger partial charge in [0.25, 0.3) is 0 Å². The third kappa shape index (κ3) is 3.38. The first kappa shape index (κ1) is 15.4. The number of fused-ring (bicyclic) bond motifs is 1. The standard InChI is InChI=1S/C12H16BrN3O3S/c1-14-4-5-15-20(18,19)11-7-10-8(6-9(11)13)2-3-12(17)16-10/h6-7,14-15H,2-5H2,1H3,(H,16,17). The van der Waals surface area contributed by atoms with Gasteiger partial charge in [0.2, 0.25) is 15.9 Å². The molecule has 0 saturated heterocycles. The van der Waals surface area contributed by atoms with Crippen LogP contribution >= 0.6 is 15.9 Å². The van der Waals surface area contributed by atoms with Crippen LogP contribution in [0.2, 0.25) is 0 Å². The number of anilines is 1. The number of nitrogens with one attached hydrogen (secondary N) is 3. The maximum atomic E-state index is 12.2. The second-order valence-electron chi connectivity index (χ2n) is 4.49. The zero-order valence-electron chi connectivity index (χ0n) is 11.0. The van der Waals surface area contributed by atoms with E-state index < -0.39 is 10.0 Å². The van der Waals surface area contributed by atoms with E-state index in [1.165, 1.54) is 6.07 Å². The van der Waals surface area contributed by atoms with Crippen LogP contribution in [0.15, 0.2) is 21.5 Å². The number of hydrogen-bond donors (Lipinski definition) is 3. The molecule has 20 heavy (non-hydrogen) atoms. The summed E-state index contributed by atoms with van der Waals surface area (Å²) in [7, 11) is -1.85. The number of hydrogen-bond acceptors (Lipinski definition) is 4. The molecule has 0 saturated carbocycles. The molecule has 1 amide bonds. The van der Waals surface area contributed by atoms with Crippen molar-refractivity contribution in [1.29, 1.82) is 0 Å². The van der Waals surface area contributed by atoms with E-state index >= 15 is 0 Å². The molecule has 0 fully saturated rings. The molecule has 0 radical (unpaired) electrons. The molecule has 0 bridgehead atoms. The van der Waals surface area contributed by atoms with Crippen LogP contribution in [-0.2, 0) is 21.2 Å². The first-order valence-corrected chi connectivity index (χ1v) is 8.48. The largest absolute Gasteiger partial charge is 0.326 e.